The maximum Gasteiger partial charge on any atom is 0.273 e. The number of non-ortho nitro benzene ring substituents is 1. The molecule has 2 fully saturated rings. The third-order valence-corrected chi connectivity index (χ3v) is 10.3. The molecule has 2 saturated heterocycles. The van der Waals surface area contributed by atoms with E-state index in [1.54, 1.807) is 42.3 Å². The number of piperazine rings is 2. The molecule has 7 aromatic rings. The predicted octanol–water partition coefficient (Wildman–Crippen LogP) is 4.42. The Morgan fingerprint density at radius 2 is 1.24 bits per heavy atom. The van der Waals surface area contributed by atoms with E-state index in [2.05, 4.69) is 39.7 Å². The molecular weight excluding hydrogens is 825 g/mol. The molecule has 0 aliphatic carbocycles. The molecule has 6 heterocycles. The van der Waals surface area contributed by atoms with Gasteiger partial charge in [-0.25, -0.2) is 18.7 Å². The highest BCUT2D eigenvalue weighted by Crippen LogP contribution is 2.32. The van der Waals surface area contributed by atoms with Crippen LogP contribution in [-0.2, 0) is 9.53 Å². The Hall–Kier alpha value is -7.59. The lowest BCUT2D eigenvalue weighted by atomic mass is 10.2. The highest BCUT2D eigenvalue weighted by atomic mass is 19.1. The second kappa shape index (κ2) is 18.6. The number of aromatic nitrogens is 6. The first kappa shape index (κ1) is 42.1. The number of fused-ring (bicyclic) bond motifs is 2. The van der Waals surface area contributed by atoms with Gasteiger partial charge in [0.1, 0.15) is 17.4 Å². The van der Waals surface area contributed by atoms with Gasteiger partial charge in [-0.2, -0.15) is 19.9 Å². The van der Waals surface area contributed by atoms with Crippen molar-refractivity contribution in [2.24, 2.45) is 0 Å². The Morgan fingerprint density at radius 1 is 0.730 bits per heavy atom. The van der Waals surface area contributed by atoms with Crippen LogP contribution in [0.1, 0.15) is 0 Å². The number of nitro benzene ring substituents is 1. The molecule has 4 aromatic heterocycles. The molecule has 63 heavy (non-hydrogen) atoms. The van der Waals surface area contributed by atoms with Gasteiger partial charge in [-0.15, -0.1) is 0 Å². The predicted molar refractivity (Wildman–Crippen MR) is 227 cm³/mol. The summed E-state index contributed by atoms with van der Waals surface area (Å²) in [5, 5.41) is 10.9. The van der Waals surface area contributed by atoms with Crippen molar-refractivity contribution >= 4 is 57.6 Å². The number of carbonyl (C=O) groups excluding carboxylic acids is 1. The van der Waals surface area contributed by atoms with Crippen LogP contribution in [0.5, 0.6) is 5.75 Å². The number of rotatable bonds is 11. The summed E-state index contributed by atoms with van der Waals surface area (Å²) in [6.07, 6.45) is 0. The summed E-state index contributed by atoms with van der Waals surface area (Å²) in [5.74, 6) is 1.25. The van der Waals surface area contributed by atoms with E-state index < -0.39 is 4.92 Å². The number of nitrogen functional groups attached to an aromatic ring is 2. The van der Waals surface area contributed by atoms with E-state index in [0.717, 1.165) is 39.3 Å². The Bertz CT molecular complexity index is 2720. The average Bonchev–Trinajstić information content (AvgIpc) is 3.93. The number of ether oxygens (including phenoxy) is 2. The fourth-order valence-corrected chi connectivity index (χ4v) is 7.02. The maximum atomic E-state index is 13.3. The van der Waals surface area contributed by atoms with Crippen molar-refractivity contribution in [2.45, 2.75) is 0 Å². The molecule has 0 atom stereocenters. The number of hydrogen-bond donors (Lipinski definition) is 2. The first-order valence-electron chi connectivity index (χ1n) is 19.8. The van der Waals surface area contributed by atoms with Crippen molar-refractivity contribution < 1.29 is 36.8 Å². The molecular formula is C41H41F2N13O7. The van der Waals surface area contributed by atoms with Crippen LogP contribution in [0.2, 0.25) is 0 Å². The molecule has 1 amide bonds. The molecule has 20 nitrogen and oxygen atoms in total. The number of hydrogen-bond acceptors (Lipinski definition) is 18. The van der Waals surface area contributed by atoms with Crippen LogP contribution in [0.3, 0.4) is 0 Å². The van der Waals surface area contributed by atoms with Crippen molar-refractivity contribution in [3.8, 4) is 28.7 Å². The van der Waals surface area contributed by atoms with E-state index in [4.69, 9.17) is 29.8 Å². The van der Waals surface area contributed by atoms with Gasteiger partial charge in [0, 0.05) is 83.2 Å². The number of carbonyl (C=O) groups is 1. The molecule has 0 saturated carbocycles. The SMILES string of the molecule is COCCN1CCN(c2nc(N)nc3oc(-c4ccc(F)cc4)nc23)CC1.Nc1nc(N2CCN(C(=O)COc3cccc([N+](=O)[O-])c3)CC2)c2nc(-c3ccc(F)cc3)oc2n1. The van der Waals surface area contributed by atoms with Crippen molar-refractivity contribution in [1.29, 1.82) is 0 Å². The lowest BCUT2D eigenvalue weighted by Gasteiger charge is -2.35. The molecule has 9 rings (SSSR count). The summed E-state index contributed by atoms with van der Waals surface area (Å²) in [6, 6.07) is 17.4. The zero-order valence-corrected chi connectivity index (χ0v) is 33.9. The lowest BCUT2D eigenvalue weighted by Crippen LogP contribution is -2.50. The second-order valence-corrected chi connectivity index (χ2v) is 14.4. The van der Waals surface area contributed by atoms with Gasteiger partial charge in [-0.1, -0.05) is 6.07 Å². The molecule has 0 radical (unpaired) electrons. The van der Waals surface area contributed by atoms with Crippen molar-refractivity contribution in [2.75, 3.05) is 100 Å². The van der Waals surface area contributed by atoms with Gasteiger partial charge < -0.3 is 44.5 Å². The summed E-state index contributed by atoms with van der Waals surface area (Å²) in [4.78, 5) is 57.1. The Labute approximate surface area is 357 Å². The zero-order chi connectivity index (χ0) is 44.0. The minimum absolute atomic E-state index is 0.0168. The molecule has 2 aliphatic rings. The number of nitrogens with zero attached hydrogens (tertiary/aromatic N) is 11. The number of methoxy groups -OCH3 is 1. The Balaban J connectivity index is 0.000000180. The summed E-state index contributed by atoms with van der Waals surface area (Å²) in [6.45, 7) is 6.47. The van der Waals surface area contributed by atoms with Crippen molar-refractivity contribution in [3.63, 3.8) is 0 Å². The van der Waals surface area contributed by atoms with Crippen LogP contribution in [-0.4, -0.2) is 130 Å². The monoisotopic (exact) mass is 865 g/mol. The van der Waals surface area contributed by atoms with Crippen LogP contribution in [0, 0.1) is 21.7 Å². The van der Waals surface area contributed by atoms with E-state index in [1.807, 2.05) is 4.90 Å². The maximum absolute atomic E-state index is 13.3. The molecule has 22 heteroatoms. The number of benzene rings is 3. The van der Waals surface area contributed by atoms with Gasteiger partial charge in [0.25, 0.3) is 23.0 Å². The topological polar surface area (TPSA) is 247 Å². The number of anilines is 4. The van der Waals surface area contributed by atoms with Crippen LogP contribution < -0.4 is 26.0 Å². The van der Waals surface area contributed by atoms with Gasteiger partial charge in [-0.05, 0) is 54.6 Å². The smallest absolute Gasteiger partial charge is 0.273 e. The summed E-state index contributed by atoms with van der Waals surface area (Å²) in [5.41, 5.74) is 14.4. The zero-order valence-electron chi connectivity index (χ0n) is 33.9. The molecule has 326 valence electrons. The fraction of sp³-hybridized carbons (Fsp3) is 0.293. The number of halogens is 2. The number of nitrogens with two attached hydrogens (primary N) is 2. The van der Waals surface area contributed by atoms with Crippen molar-refractivity contribution in [3.05, 3.63) is 94.5 Å². The minimum atomic E-state index is -0.526. The van der Waals surface area contributed by atoms with Gasteiger partial charge in [0.15, 0.2) is 29.3 Å². The van der Waals surface area contributed by atoms with Crippen LogP contribution in [0.25, 0.3) is 45.4 Å². The lowest BCUT2D eigenvalue weighted by molar-refractivity contribution is -0.384. The Morgan fingerprint density at radius 3 is 1.73 bits per heavy atom. The number of nitro groups is 1. The molecule has 3 aromatic carbocycles. The summed E-state index contributed by atoms with van der Waals surface area (Å²) < 4.78 is 48.6. The van der Waals surface area contributed by atoms with E-state index in [0.29, 0.717) is 71.6 Å². The van der Waals surface area contributed by atoms with Crippen molar-refractivity contribution in [1.82, 2.24) is 39.7 Å². The summed E-state index contributed by atoms with van der Waals surface area (Å²) >= 11 is 0. The quantitative estimate of drug-likeness (QED) is 0.135. The molecule has 4 N–H and O–H groups in total. The van der Waals surface area contributed by atoms with Gasteiger partial charge >= 0.3 is 0 Å². The fourth-order valence-electron chi connectivity index (χ4n) is 7.02. The normalized spacial score (nSPS) is 14.5. The van der Waals surface area contributed by atoms with Crippen LogP contribution >= 0.6 is 0 Å². The van der Waals surface area contributed by atoms with E-state index in [1.165, 1.54) is 42.5 Å². The highest BCUT2D eigenvalue weighted by molar-refractivity contribution is 5.86. The molecule has 0 bridgehead atoms. The van der Waals surface area contributed by atoms with Crippen LogP contribution in [0.15, 0.2) is 81.6 Å². The van der Waals surface area contributed by atoms with Crippen LogP contribution in [0.4, 0.5) is 38.0 Å². The van der Waals surface area contributed by atoms with Gasteiger partial charge in [0.05, 0.1) is 17.6 Å². The van der Waals surface area contributed by atoms with Gasteiger partial charge in [-0.3, -0.25) is 19.8 Å². The first-order valence-corrected chi connectivity index (χ1v) is 19.8. The molecule has 2 aliphatic heterocycles. The summed E-state index contributed by atoms with van der Waals surface area (Å²) in [7, 11) is 1.71. The highest BCUT2D eigenvalue weighted by Gasteiger charge is 2.27. The minimum Gasteiger partial charge on any atom is -0.484 e. The van der Waals surface area contributed by atoms with Gasteiger partial charge in [0.2, 0.25) is 23.7 Å². The number of oxazole rings is 2. The first-order chi connectivity index (χ1) is 30.5. The largest absolute Gasteiger partial charge is 0.484 e. The van der Waals surface area contributed by atoms with E-state index in [-0.39, 0.29) is 59.1 Å². The molecule has 0 spiro atoms. The average molecular weight is 866 g/mol. The standard InChI is InChI=1S/C23H20FN7O5.C18H21FN6O2/c24-15-6-4-14(5-7-15)21-26-19-20(27-23(25)28-22(19)36-21)30-10-8-29(9-11-30)18(32)13-35-17-3-1-2-16(12-17)31(33)34;1-26-11-10-24-6-8-25(9-7-24)15-14-17(23-18(20)22-15)27-16(21-14)12-2-4-13(19)5-3-12/h1-7,12H,8-11,13H2,(H2,25,27,28);2-5H,6-11H2,1H3,(H2,20,22,23). The van der Waals surface area contributed by atoms with E-state index in [9.17, 15) is 23.7 Å². The third kappa shape index (κ3) is 9.81. The third-order valence-electron chi connectivity index (χ3n) is 10.3. The number of amides is 1. The molecule has 0 unspecified atom stereocenters. The second-order valence-electron chi connectivity index (χ2n) is 14.4. The Kier molecular flexibility index (Phi) is 12.4. The van der Waals surface area contributed by atoms with E-state index >= 15 is 0 Å².